The maximum absolute atomic E-state index is 12.9. The van der Waals surface area contributed by atoms with E-state index in [0.717, 1.165) is 75.5 Å². The molecule has 0 amide bonds. The fourth-order valence-corrected chi connectivity index (χ4v) is 9.53. The van der Waals surface area contributed by atoms with Crippen molar-refractivity contribution in [3.63, 3.8) is 0 Å². The molecule has 0 aliphatic heterocycles. The third-order valence-corrected chi connectivity index (χ3v) is 14.1. The SMILES string of the molecule is CC(C)CCCCCCCCCCCCCCCCCCC(=O)OC[C@@H](COC(=O)CCCCCCCCCCCCCC(C)C)OC(=O)CCCCCCCCCCCCCCCCC(C)C. The van der Waals surface area contributed by atoms with Crippen molar-refractivity contribution in [3.8, 4) is 0 Å². The minimum Gasteiger partial charge on any atom is -0.462 e. The lowest BCUT2D eigenvalue weighted by molar-refractivity contribution is -0.167. The molecule has 1 atom stereocenters. The molecule has 0 saturated heterocycles. The Labute approximate surface area is 425 Å². The summed E-state index contributed by atoms with van der Waals surface area (Å²) in [7, 11) is 0. The van der Waals surface area contributed by atoms with Crippen LogP contribution < -0.4 is 0 Å². The molecule has 0 bridgehead atoms. The van der Waals surface area contributed by atoms with Gasteiger partial charge in [0.2, 0.25) is 0 Å². The molecule has 0 saturated carbocycles. The molecule has 6 nitrogen and oxygen atoms in total. The first-order valence-corrected chi connectivity index (χ1v) is 30.6. The Kier molecular flexibility index (Phi) is 52.0. The summed E-state index contributed by atoms with van der Waals surface area (Å²) < 4.78 is 16.9. The topological polar surface area (TPSA) is 78.9 Å². The van der Waals surface area contributed by atoms with Gasteiger partial charge in [-0.25, -0.2) is 0 Å². The predicted molar refractivity (Wildman–Crippen MR) is 293 cm³/mol. The Balaban J connectivity index is 4.28. The Morgan fingerprint density at radius 3 is 0.632 bits per heavy atom. The van der Waals surface area contributed by atoms with Gasteiger partial charge in [0.1, 0.15) is 13.2 Å². The van der Waals surface area contributed by atoms with Crippen LogP contribution in [0.3, 0.4) is 0 Å². The van der Waals surface area contributed by atoms with E-state index in [1.165, 1.54) is 225 Å². The van der Waals surface area contributed by atoms with Crippen molar-refractivity contribution in [1.82, 2.24) is 0 Å². The third kappa shape index (κ3) is 55.3. The number of esters is 3. The van der Waals surface area contributed by atoms with Crippen LogP contribution in [0.4, 0.5) is 0 Å². The number of ether oxygens (including phenoxy) is 3. The molecule has 0 heterocycles. The van der Waals surface area contributed by atoms with Crippen LogP contribution in [-0.2, 0) is 28.6 Å². The fourth-order valence-electron chi connectivity index (χ4n) is 9.53. The highest BCUT2D eigenvalue weighted by atomic mass is 16.6. The Morgan fingerprint density at radius 2 is 0.426 bits per heavy atom. The van der Waals surface area contributed by atoms with Crippen LogP contribution in [-0.4, -0.2) is 37.2 Å². The smallest absolute Gasteiger partial charge is 0.306 e. The Bertz CT molecular complexity index is 1050. The largest absolute Gasteiger partial charge is 0.462 e. The zero-order valence-corrected chi connectivity index (χ0v) is 46.9. The molecule has 404 valence electrons. The molecule has 0 spiro atoms. The van der Waals surface area contributed by atoms with Crippen LogP contribution in [0.25, 0.3) is 0 Å². The minimum atomic E-state index is -0.764. The second-order valence-corrected chi connectivity index (χ2v) is 22.8. The number of hydrogen-bond acceptors (Lipinski definition) is 6. The van der Waals surface area contributed by atoms with Crippen molar-refractivity contribution < 1.29 is 28.6 Å². The molecule has 0 aromatic rings. The van der Waals surface area contributed by atoms with Crippen LogP contribution >= 0.6 is 0 Å². The first-order chi connectivity index (χ1) is 33.1. The van der Waals surface area contributed by atoms with Crippen LogP contribution in [0, 0.1) is 17.8 Å². The molecule has 0 aliphatic rings. The van der Waals surface area contributed by atoms with Crippen LogP contribution in [0.1, 0.15) is 343 Å². The van der Waals surface area contributed by atoms with Crippen molar-refractivity contribution in [3.05, 3.63) is 0 Å². The molecule has 0 rings (SSSR count). The van der Waals surface area contributed by atoms with Gasteiger partial charge < -0.3 is 14.2 Å². The van der Waals surface area contributed by atoms with Crippen LogP contribution in [0.5, 0.6) is 0 Å². The number of carbonyl (C=O) groups excluding carboxylic acids is 3. The fraction of sp³-hybridized carbons (Fsp3) is 0.952. The van der Waals surface area contributed by atoms with Gasteiger partial charge in [-0.2, -0.15) is 0 Å². The van der Waals surface area contributed by atoms with Crippen molar-refractivity contribution in [2.45, 2.75) is 349 Å². The molecule has 0 unspecified atom stereocenters. The van der Waals surface area contributed by atoms with E-state index in [9.17, 15) is 14.4 Å². The summed E-state index contributed by atoms with van der Waals surface area (Å²) in [5.41, 5.74) is 0. The van der Waals surface area contributed by atoms with E-state index in [0.29, 0.717) is 19.3 Å². The number of carbonyl (C=O) groups is 3. The zero-order chi connectivity index (χ0) is 49.8. The molecule has 0 N–H and O–H groups in total. The highest BCUT2D eigenvalue weighted by Gasteiger charge is 2.19. The maximum Gasteiger partial charge on any atom is 0.306 e. The number of rotatable bonds is 55. The molecule has 68 heavy (non-hydrogen) atoms. The summed E-state index contributed by atoms with van der Waals surface area (Å²) in [6, 6.07) is 0. The average molecular weight is 962 g/mol. The van der Waals surface area contributed by atoms with Gasteiger partial charge in [-0.15, -0.1) is 0 Å². The summed E-state index contributed by atoms with van der Waals surface area (Å²) >= 11 is 0. The zero-order valence-electron chi connectivity index (χ0n) is 46.9. The Morgan fingerprint density at radius 1 is 0.250 bits per heavy atom. The van der Waals surface area contributed by atoms with E-state index in [2.05, 4.69) is 41.5 Å². The summed E-state index contributed by atoms with van der Waals surface area (Å²) in [6.07, 6.45) is 56.7. The standard InChI is InChI=1S/C62H120O6/c1-56(2)48-42-36-30-24-18-13-9-7-8-10-15-21-27-33-39-45-51-60(63)66-54-59(55-67-61(64)52-46-40-34-28-23-17-20-26-32-38-44-50-58(5)6)68-62(65)53-47-41-35-29-22-16-12-11-14-19-25-31-37-43-49-57(3)4/h56-59H,7-55H2,1-6H3/t59-/m0/s1. The summed E-state index contributed by atoms with van der Waals surface area (Å²) in [5.74, 6) is 1.68. The van der Waals surface area contributed by atoms with Crippen molar-refractivity contribution in [1.29, 1.82) is 0 Å². The van der Waals surface area contributed by atoms with Crippen molar-refractivity contribution >= 4 is 17.9 Å². The lowest BCUT2D eigenvalue weighted by Crippen LogP contribution is -2.30. The lowest BCUT2D eigenvalue weighted by Gasteiger charge is -2.18. The molecule has 6 heteroatoms. The van der Waals surface area contributed by atoms with E-state index in [1.807, 2.05) is 0 Å². The van der Waals surface area contributed by atoms with Gasteiger partial charge >= 0.3 is 17.9 Å². The minimum absolute atomic E-state index is 0.0630. The second kappa shape index (κ2) is 53.2. The Hall–Kier alpha value is -1.59. The highest BCUT2D eigenvalue weighted by Crippen LogP contribution is 2.19. The first-order valence-electron chi connectivity index (χ1n) is 30.6. The average Bonchev–Trinajstić information content (AvgIpc) is 3.30. The van der Waals surface area contributed by atoms with Gasteiger partial charge in [0.15, 0.2) is 6.10 Å². The molecular formula is C62H120O6. The summed E-state index contributed by atoms with van der Waals surface area (Å²) in [4.78, 5) is 38.2. The molecule has 0 aromatic heterocycles. The van der Waals surface area contributed by atoms with Gasteiger partial charge in [0.25, 0.3) is 0 Å². The lowest BCUT2D eigenvalue weighted by atomic mass is 10.0. The van der Waals surface area contributed by atoms with E-state index in [1.54, 1.807) is 0 Å². The normalized spacial score (nSPS) is 12.1. The maximum atomic E-state index is 12.9. The van der Waals surface area contributed by atoms with Gasteiger partial charge in [-0.05, 0) is 37.0 Å². The van der Waals surface area contributed by atoms with E-state index in [4.69, 9.17) is 14.2 Å². The summed E-state index contributed by atoms with van der Waals surface area (Å²) in [6.45, 7) is 13.8. The third-order valence-electron chi connectivity index (χ3n) is 14.1. The quantitative estimate of drug-likeness (QED) is 0.0343. The molecule has 0 fully saturated rings. The second-order valence-electron chi connectivity index (χ2n) is 22.8. The molecule has 0 aliphatic carbocycles. The van der Waals surface area contributed by atoms with E-state index < -0.39 is 6.10 Å². The van der Waals surface area contributed by atoms with Gasteiger partial charge in [0, 0.05) is 19.3 Å². The number of hydrogen-bond donors (Lipinski definition) is 0. The van der Waals surface area contributed by atoms with Gasteiger partial charge in [0.05, 0.1) is 0 Å². The summed E-state index contributed by atoms with van der Waals surface area (Å²) in [5, 5.41) is 0. The number of unbranched alkanes of at least 4 members (excludes halogenated alkanes) is 38. The monoisotopic (exact) mass is 961 g/mol. The van der Waals surface area contributed by atoms with Crippen molar-refractivity contribution in [2.24, 2.45) is 17.8 Å². The van der Waals surface area contributed by atoms with Gasteiger partial charge in [-0.3, -0.25) is 14.4 Å². The molecular weight excluding hydrogens is 841 g/mol. The molecule has 0 aromatic carbocycles. The predicted octanol–water partition coefficient (Wildman–Crippen LogP) is 20.3. The molecule has 0 radical (unpaired) electrons. The van der Waals surface area contributed by atoms with Gasteiger partial charge in [-0.1, -0.05) is 305 Å². The van der Waals surface area contributed by atoms with Crippen LogP contribution in [0.15, 0.2) is 0 Å². The van der Waals surface area contributed by atoms with Crippen molar-refractivity contribution in [2.75, 3.05) is 13.2 Å². The first kappa shape index (κ1) is 66.4. The van der Waals surface area contributed by atoms with E-state index in [-0.39, 0.29) is 31.1 Å². The van der Waals surface area contributed by atoms with E-state index >= 15 is 0 Å². The van der Waals surface area contributed by atoms with Crippen LogP contribution in [0.2, 0.25) is 0 Å². The highest BCUT2D eigenvalue weighted by molar-refractivity contribution is 5.71.